The number of hydrogen-bond acceptors (Lipinski definition) is 2. The Morgan fingerprint density at radius 2 is 2.00 bits per heavy atom. The van der Waals surface area contributed by atoms with Crippen LogP contribution in [0.4, 0.5) is 17.6 Å². The Morgan fingerprint density at radius 3 is 2.52 bits per heavy atom. The van der Waals surface area contributed by atoms with Gasteiger partial charge in [-0.1, -0.05) is 0 Å². The maximum atomic E-state index is 13.5. The largest absolute Gasteiger partial charge is 0.416 e. The number of aliphatic hydroxyl groups excluding tert-OH is 1. The first-order chi connectivity index (χ1) is 9.77. The van der Waals surface area contributed by atoms with Gasteiger partial charge < -0.3 is 10.4 Å². The maximum Gasteiger partial charge on any atom is 0.416 e. The van der Waals surface area contributed by atoms with Gasteiger partial charge in [-0.25, -0.2) is 4.39 Å². The van der Waals surface area contributed by atoms with Crippen molar-refractivity contribution in [2.24, 2.45) is 5.41 Å². The number of amides is 1. The van der Waals surface area contributed by atoms with Crippen LogP contribution in [0.25, 0.3) is 0 Å². The van der Waals surface area contributed by atoms with Crippen molar-refractivity contribution in [3.63, 3.8) is 0 Å². The first-order valence-corrected chi connectivity index (χ1v) is 6.53. The number of benzene rings is 1. The molecule has 0 aromatic heterocycles. The minimum absolute atomic E-state index is 0.0200. The Labute approximate surface area is 119 Å². The van der Waals surface area contributed by atoms with Gasteiger partial charge in [-0.15, -0.1) is 0 Å². The molecule has 1 fully saturated rings. The number of hydrogen-bond donors (Lipinski definition) is 2. The summed E-state index contributed by atoms with van der Waals surface area (Å²) in [6, 6.07) is 1.74. The van der Waals surface area contributed by atoms with Crippen molar-refractivity contribution in [2.45, 2.75) is 25.4 Å². The van der Waals surface area contributed by atoms with E-state index in [2.05, 4.69) is 5.32 Å². The zero-order valence-electron chi connectivity index (χ0n) is 11.1. The summed E-state index contributed by atoms with van der Waals surface area (Å²) in [5.74, 6) is -1.87. The van der Waals surface area contributed by atoms with Crippen molar-refractivity contribution in [3.05, 3.63) is 35.1 Å². The first-order valence-electron chi connectivity index (χ1n) is 6.53. The van der Waals surface area contributed by atoms with Crippen molar-refractivity contribution in [3.8, 4) is 0 Å². The highest BCUT2D eigenvalue weighted by molar-refractivity contribution is 5.94. The normalized spacial score (nSPS) is 16.6. The molecule has 0 saturated heterocycles. The molecule has 0 bridgehead atoms. The molecule has 2 rings (SSSR count). The molecule has 7 heteroatoms. The van der Waals surface area contributed by atoms with E-state index in [0.29, 0.717) is 24.6 Å². The van der Waals surface area contributed by atoms with Crippen LogP contribution in [0, 0.1) is 11.2 Å². The third-order valence-electron chi connectivity index (χ3n) is 3.76. The van der Waals surface area contributed by atoms with Crippen LogP contribution in [-0.2, 0) is 6.18 Å². The van der Waals surface area contributed by atoms with Gasteiger partial charge in [-0.2, -0.15) is 13.2 Å². The van der Waals surface area contributed by atoms with Gasteiger partial charge in [0.15, 0.2) is 0 Å². The van der Waals surface area contributed by atoms with Gasteiger partial charge in [0, 0.05) is 13.2 Å². The van der Waals surface area contributed by atoms with E-state index in [1.807, 2.05) is 0 Å². The van der Waals surface area contributed by atoms with Gasteiger partial charge in [0.05, 0.1) is 11.1 Å². The predicted molar refractivity (Wildman–Crippen MR) is 67.1 cm³/mol. The standard InChI is InChI=1S/C14H15F4NO2/c15-11-2-1-9(14(16,17)18)7-10(11)12(21)19-8-13(3-4-13)5-6-20/h1-2,7,20H,3-6,8H2,(H,19,21). The molecule has 1 aromatic carbocycles. The van der Waals surface area contributed by atoms with E-state index in [9.17, 15) is 22.4 Å². The van der Waals surface area contributed by atoms with Crippen LogP contribution in [0.5, 0.6) is 0 Å². The van der Waals surface area contributed by atoms with Crippen molar-refractivity contribution in [2.75, 3.05) is 13.2 Å². The average Bonchev–Trinajstić information content (AvgIpc) is 3.16. The Balaban J connectivity index is 2.08. The van der Waals surface area contributed by atoms with E-state index in [0.717, 1.165) is 12.8 Å². The molecule has 1 amide bonds. The molecule has 0 heterocycles. The first kappa shape index (κ1) is 15.8. The van der Waals surface area contributed by atoms with Gasteiger partial charge in [-0.3, -0.25) is 4.79 Å². The highest BCUT2D eigenvalue weighted by atomic mass is 19.4. The fourth-order valence-electron chi connectivity index (χ4n) is 2.17. The van der Waals surface area contributed by atoms with E-state index in [1.54, 1.807) is 0 Å². The minimum Gasteiger partial charge on any atom is -0.396 e. The van der Waals surface area contributed by atoms with Gasteiger partial charge in [0.2, 0.25) is 0 Å². The third kappa shape index (κ3) is 3.72. The fraction of sp³-hybridized carbons (Fsp3) is 0.500. The number of rotatable bonds is 5. The molecule has 1 aliphatic carbocycles. The lowest BCUT2D eigenvalue weighted by atomic mass is 10.0. The Kier molecular flexibility index (Phi) is 4.22. The molecular weight excluding hydrogens is 290 g/mol. The second-order valence-corrected chi connectivity index (χ2v) is 5.35. The molecule has 0 aliphatic heterocycles. The number of nitrogens with one attached hydrogen (secondary N) is 1. The number of alkyl halides is 3. The van der Waals surface area contributed by atoms with Crippen LogP contribution in [0.15, 0.2) is 18.2 Å². The smallest absolute Gasteiger partial charge is 0.396 e. The van der Waals surface area contributed by atoms with Crippen molar-refractivity contribution in [1.29, 1.82) is 0 Å². The predicted octanol–water partition coefficient (Wildman–Crippen LogP) is 2.74. The molecule has 1 aromatic rings. The summed E-state index contributed by atoms with van der Waals surface area (Å²) in [5.41, 5.74) is -1.88. The summed E-state index contributed by atoms with van der Waals surface area (Å²) in [6.45, 7) is 0.204. The van der Waals surface area contributed by atoms with Crippen LogP contribution < -0.4 is 5.32 Å². The molecule has 21 heavy (non-hydrogen) atoms. The van der Waals surface area contributed by atoms with E-state index < -0.39 is 29.0 Å². The Bertz CT molecular complexity index is 538. The fourth-order valence-corrected chi connectivity index (χ4v) is 2.17. The zero-order valence-corrected chi connectivity index (χ0v) is 11.1. The molecule has 0 spiro atoms. The van der Waals surface area contributed by atoms with Crippen LogP contribution in [0.3, 0.4) is 0 Å². The third-order valence-corrected chi connectivity index (χ3v) is 3.76. The molecular formula is C14H15F4NO2. The second-order valence-electron chi connectivity index (χ2n) is 5.35. The molecule has 116 valence electrons. The summed E-state index contributed by atoms with van der Waals surface area (Å²) in [5, 5.41) is 11.3. The number of carbonyl (C=O) groups is 1. The highest BCUT2D eigenvalue weighted by Gasteiger charge is 2.42. The monoisotopic (exact) mass is 305 g/mol. The molecule has 2 N–H and O–H groups in total. The quantitative estimate of drug-likeness (QED) is 0.822. The summed E-state index contributed by atoms with van der Waals surface area (Å²) in [6.07, 6.45) is -2.45. The van der Waals surface area contributed by atoms with E-state index in [-0.39, 0.29) is 18.6 Å². The van der Waals surface area contributed by atoms with Gasteiger partial charge in [0.1, 0.15) is 5.82 Å². The number of halogens is 4. The molecule has 1 aliphatic rings. The van der Waals surface area contributed by atoms with Crippen molar-refractivity contribution in [1.82, 2.24) is 5.32 Å². The minimum atomic E-state index is -4.63. The molecule has 0 atom stereocenters. The number of aliphatic hydroxyl groups is 1. The van der Waals surface area contributed by atoms with Gasteiger partial charge >= 0.3 is 6.18 Å². The summed E-state index contributed by atoms with van der Waals surface area (Å²) >= 11 is 0. The van der Waals surface area contributed by atoms with E-state index in [4.69, 9.17) is 5.11 Å². The Hall–Kier alpha value is -1.63. The zero-order chi connectivity index (χ0) is 15.7. The maximum absolute atomic E-state index is 13.5. The number of carbonyl (C=O) groups excluding carboxylic acids is 1. The second kappa shape index (κ2) is 5.63. The summed E-state index contributed by atoms with van der Waals surface area (Å²) in [7, 11) is 0. The van der Waals surface area contributed by atoms with Crippen molar-refractivity contribution >= 4 is 5.91 Å². The summed E-state index contributed by atoms with van der Waals surface area (Å²) < 4.78 is 51.2. The summed E-state index contributed by atoms with van der Waals surface area (Å²) in [4.78, 5) is 11.8. The Morgan fingerprint density at radius 1 is 1.33 bits per heavy atom. The van der Waals surface area contributed by atoms with Crippen LogP contribution in [0.1, 0.15) is 35.2 Å². The van der Waals surface area contributed by atoms with Crippen LogP contribution >= 0.6 is 0 Å². The highest BCUT2D eigenvalue weighted by Crippen LogP contribution is 2.47. The molecule has 0 unspecified atom stereocenters. The molecule has 0 radical (unpaired) electrons. The van der Waals surface area contributed by atoms with Gasteiger partial charge in [-0.05, 0) is 42.9 Å². The van der Waals surface area contributed by atoms with E-state index >= 15 is 0 Å². The SMILES string of the molecule is O=C(NCC1(CCO)CC1)c1cc(C(F)(F)F)ccc1F. The molecule has 1 saturated carbocycles. The average molecular weight is 305 g/mol. The van der Waals surface area contributed by atoms with E-state index in [1.165, 1.54) is 0 Å². The molecule has 3 nitrogen and oxygen atoms in total. The lowest BCUT2D eigenvalue weighted by Crippen LogP contribution is -2.31. The van der Waals surface area contributed by atoms with Gasteiger partial charge in [0.25, 0.3) is 5.91 Å². The van der Waals surface area contributed by atoms with Crippen LogP contribution in [0.2, 0.25) is 0 Å². The topological polar surface area (TPSA) is 49.3 Å². The lowest BCUT2D eigenvalue weighted by Gasteiger charge is -2.15. The van der Waals surface area contributed by atoms with Crippen molar-refractivity contribution < 1.29 is 27.5 Å². The lowest BCUT2D eigenvalue weighted by molar-refractivity contribution is -0.137. The van der Waals surface area contributed by atoms with Crippen LogP contribution in [-0.4, -0.2) is 24.2 Å².